The Morgan fingerprint density at radius 1 is 0.439 bits per heavy atom. The van der Waals surface area contributed by atoms with E-state index in [-0.39, 0.29) is 63.0 Å². The number of aliphatic hydroxyl groups is 1. The molecule has 1 fully saturated rings. The Labute approximate surface area is 622 Å². The Morgan fingerprint density at radius 3 is 1.29 bits per heavy atom. The van der Waals surface area contributed by atoms with Crippen molar-refractivity contribution in [3.8, 4) is 0 Å². The molecule has 0 saturated carbocycles. The zero-order chi connectivity index (χ0) is 82.0. The van der Waals surface area contributed by atoms with Gasteiger partial charge in [0.25, 0.3) is 0 Å². The number of rotatable bonds is 48. The number of nitrogens with two attached hydrogens (primary N) is 5. The van der Waals surface area contributed by atoms with E-state index in [2.05, 4.69) is 74.1 Å². The Kier molecular flexibility index (Phi) is 41.2. The van der Waals surface area contributed by atoms with E-state index >= 15 is 0 Å². The van der Waals surface area contributed by atoms with E-state index in [0.717, 1.165) is 6.92 Å². The van der Waals surface area contributed by atoms with Crippen molar-refractivity contribution in [3.05, 3.63) is 0 Å². The summed E-state index contributed by atoms with van der Waals surface area (Å²) in [6, 6.07) is -17.0. The highest BCUT2D eigenvalue weighted by Gasteiger charge is 2.42. The van der Waals surface area contributed by atoms with Crippen molar-refractivity contribution in [3.63, 3.8) is 0 Å². The number of amides is 17. The third kappa shape index (κ3) is 35.1. The highest BCUT2D eigenvalue weighted by atomic mass is 16.4. The van der Waals surface area contributed by atoms with Gasteiger partial charge in [0.15, 0.2) is 5.96 Å². The lowest BCUT2D eigenvalue weighted by atomic mass is 9.99. The first-order chi connectivity index (χ1) is 49.7. The number of carboxylic acid groups (broad SMARTS) is 1. The number of carbonyl (C=O) groups excluding carboxylic acids is 17. The standard InChI is InChI=1S/C67H116N20O20/c1-30(2)25-41(55(70)96)80-60(101)43(27-46(69)91)82-62(103)50(32(5)6)83-47(92)28-74-56(97)38(17-15-23-73-67(71)72)78-61(102)44-18-16-24-87(44)66(107)53(35(11)12)86-64(105)51(33(7)8)84-48(93)29-75-57(98)39(19-21-45(68)90)77-59(100)42(26-31(3)4)81-58(99)40(20-22-49(94)95)79-63(104)52(34(9)10)85-65(106)54(36(13)88)76-37(14)89/h30-36,38-44,50-54,88H,15-29H2,1-14H3,(H2,68,90)(H2,69,91)(H2,70,96)(H,74,97)(H,75,98)(H,76,89)(H,77,100)(H,78,102)(H,79,104)(H,80,101)(H,81,99)(H,82,103)(H,83,92)(H,84,93)(H,85,106)(H,86,105)(H,94,95)(H4,71,72,73)/t36-,38+,39+,40+,41+,42+,43+,44+,50+,51+,52+,53+,54+/m1/s1. The van der Waals surface area contributed by atoms with Gasteiger partial charge in [-0.15, -0.1) is 0 Å². The fraction of sp³-hybridized carbons (Fsp3) is 0.716. The lowest BCUT2D eigenvalue weighted by Crippen LogP contribution is -2.61. The molecule has 0 bridgehead atoms. The van der Waals surface area contributed by atoms with E-state index in [1.165, 1.54) is 25.7 Å². The summed E-state index contributed by atoms with van der Waals surface area (Å²) < 4.78 is 0. The average Bonchev–Trinajstić information content (AvgIpc) is 1.73. The zero-order valence-corrected chi connectivity index (χ0v) is 63.6. The molecule has 17 amide bonds. The van der Waals surface area contributed by atoms with Crippen molar-refractivity contribution >= 4 is 112 Å². The normalized spacial score (nSPS) is 16.0. The van der Waals surface area contributed by atoms with E-state index in [4.69, 9.17) is 28.7 Å². The molecule has 1 heterocycles. The van der Waals surface area contributed by atoms with E-state index in [0.29, 0.717) is 6.42 Å². The SMILES string of the molecule is CC(=O)N[C@H](C(=O)N[C@H](C(=O)N[C@@H](CCC(=O)O)C(=O)N[C@@H](CC(C)C)C(=O)N[C@@H](CCC(N)=O)C(=O)NCC(=O)N[C@H](C(=O)N[C@H](C(=O)N1CCC[C@H]1C(=O)N[C@@H](CCCN=C(N)N)C(=O)NCC(=O)N[C@H](C(=O)N[C@@H](CC(N)=O)C(=O)N[C@@H](CC(C)C)C(N)=O)C(C)C)C(C)C)C(C)C)C(C)C)[C@@H](C)O. The van der Waals surface area contributed by atoms with Crippen LogP contribution in [0.15, 0.2) is 4.99 Å². The number of carbonyl (C=O) groups is 18. The minimum absolute atomic E-state index is 0.00281. The maximum Gasteiger partial charge on any atom is 0.303 e. The molecule has 0 spiro atoms. The van der Waals surface area contributed by atoms with E-state index in [1.807, 2.05) is 0 Å². The van der Waals surface area contributed by atoms with Gasteiger partial charge in [-0.05, 0) is 93.8 Å². The molecule has 25 N–H and O–H groups in total. The summed E-state index contributed by atoms with van der Waals surface area (Å²) in [5, 5.41) is 51.7. The van der Waals surface area contributed by atoms with Crippen LogP contribution in [0.1, 0.15) is 168 Å². The van der Waals surface area contributed by atoms with Gasteiger partial charge in [0, 0.05) is 32.9 Å². The topological polar surface area (TPSA) is 650 Å². The van der Waals surface area contributed by atoms with E-state index in [9.17, 15) is 96.5 Å². The van der Waals surface area contributed by atoms with Crippen LogP contribution < -0.4 is 97.8 Å². The first kappa shape index (κ1) is 94.7. The van der Waals surface area contributed by atoms with Crippen LogP contribution in [-0.4, -0.2) is 232 Å². The summed E-state index contributed by atoms with van der Waals surface area (Å²) in [6.45, 7) is 20.2. The number of nitrogens with one attached hydrogen (secondary N) is 13. The molecule has 40 nitrogen and oxygen atoms in total. The number of hydrogen-bond donors (Lipinski definition) is 20. The van der Waals surface area contributed by atoms with Crippen LogP contribution >= 0.6 is 0 Å². The van der Waals surface area contributed by atoms with E-state index in [1.54, 1.807) is 69.2 Å². The second-order valence-corrected chi connectivity index (χ2v) is 28.7. The van der Waals surface area contributed by atoms with Gasteiger partial charge >= 0.3 is 5.97 Å². The summed E-state index contributed by atoms with van der Waals surface area (Å²) in [4.78, 5) is 245. The Balaban J connectivity index is 3.38. The van der Waals surface area contributed by atoms with Crippen LogP contribution in [0.4, 0.5) is 0 Å². The fourth-order valence-electron chi connectivity index (χ4n) is 11.0. The molecule has 13 atom stereocenters. The van der Waals surface area contributed by atoms with Crippen molar-refractivity contribution in [2.75, 3.05) is 26.2 Å². The Bertz CT molecular complexity index is 3180. The number of aliphatic carboxylic acids is 1. The van der Waals surface area contributed by atoms with Crippen molar-refractivity contribution < 1.29 is 96.5 Å². The monoisotopic (exact) mass is 1520 g/mol. The molecule has 0 unspecified atom stereocenters. The van der Waals surface area contributed by atoms with Gasteiger partial charge in [-0.25, -0.2) is 0 Å². The van der Waals surface area contributed by atoms with Gasteiger partial charge < -0.3 is 113 Å². The molecular weight excluding hydrogens is 1400 g/mol. The quantitative estimate of drug-likeness (QED) is 0.0153. The first-order valence-electron chi connectivity index (χ1n) is 35.6. The third-order valence-corrected chi connectivity index (χ3v) is 16.7. The summed E-state index contributed by atoms with van der Waals surface area (Å²) in [7, 11) is 0. The largest absolute Gasteiger partial charge is 0.481 e. The molecule has 1 aliphatic rings. The highest BCUT2D eigenvalue weighted by molar-refractivity contribution is 6.01. The van der Waals surface area contributed by atoms with Crippen LogP contribution in [0.5, 0.6) is 0 Å². The number of nitrogens with zero attached hydrogens (tertiary/aromatic N) is 2. The number of likely N-dealkylation sites (tertiary alicyclic amines) is 1. The van der Waals surface area contributed by atoms with Crippen molar-refractivity contribution in [2.45, 2.75) is 246 Å². The average molecular weight is 1520 g/mol. The number of aliphatic imine (C=N–C) groups is 1. The first-order valence-corrected chi connectivity index (χ1v) is 35.6. The molecule has 107 heavy (non-hydrogen) atoms. The molecule has 0 radical (unpaired) electrons. The minimum Gasteiger partial charge on any atom is -0.481 e. The Morgan fingerprint density at radius 2 is 0.841 bits per heavy atom. The van der Waals surface area contributed by atoms with Crippen LogP contribution in [0, 0.1) is 35.5 Å². The van der Waals surface area contributed by atoms with Crippen LogP contribution in [0.2, 0.25) is 0 Å². The maximum absolute atomic E-state index is 14.6. The van der Waals surface area contributed by atoms with Crippen molar-refractivity contribution in [2.24, 2.45) is 69.2 Å². The molecule has 604 valence electrons. The number of guanidine groups is 1. The number of aliphatic hydroxyl groups excluding tert-OH is 1. The van der Waals surface area contributed by atoms with Gasteiger partial charge in [-0.2, -0.15) is 0 Å². The molecule has 40 heteroatoms. The number of carboxylic acids is 1. The molecule has 0 aromatic heterocycles. The second kappa shape index (κ2) is 46.6. The lowest BCUT2D eigenvalue weighted by molar-refractivity contribution is -0.143. The fourth-order valence-corrected chi connectivity index (χ4v) is 11.0. The Hall–Kier alpha value is -10.3. The molecule has 0 aromatic carbocycles. The summed E-state index contributed by atoms with van der Waals surface area (Å²) >= 11 is 0. The third-order valence-electron chi connectivity index (χ3n) is 16.7. The number of hydrogen-bond acceptors (Lipinski definition) is 20. The van der Waals surface area contributed by atoms with Crippen LogP contribution in [0.3, 0.4) is 0 Å². The second-order valence-electron chi connectivity index (χ2n) is 28.7. The molecule has 0 aliphatic carbocycles. The molecule has 1 aliphatic heterocycles. The van der Waals surface area contributed by atoms with Crippen molar-refractivity contribution in [1.29, 1.82) is 0 Å². The van der Waals surface area contributed by atoms with Gasteiger partial charge in [-0.3, -0.25) is 91.3 Å². The number of primary amides is 3. The van der Waals surface area contributed by atoms with Gasteiger partial charge in [0.2, 0.25) is 100 Å². The predicted molar refractivity (Wildman–Crippen MR) is 386 cm³/mol. The smallest absolute Gasteiger partial charge is 0.303 e. The van der Waals surface area contributed by atoms with Crippen molar-refractivity contribution in [1.82, 2.24) is 74.0 Å². The van der Waals surface area contributed by atoms with Gasteiger partial charge in [0.05, 0.1) is 25.6 Å². The molecule has 0 aromatic rings. The summed E-state index contributed by atoms with van der Waals surface area (Å²) in [5.74, 6) is -20.1. The van der Waals surface area contributed by atoms with Crippen LogP contribution in [-0.2, 0) is 86.3 Å². The predicted octanol–water partition coefficient (Wildman–Crippen LogP) is -6.80. The summed E-state index contributed by atoms with van der Waals surface area (Å²) in [5.41, 5.74) is 27.3. The summed E-state index contributed by atoms with van der Waals surface area (Å²) in [6.07, 6.45) is -3.76. The maximum atomic E-state index is 14.6. The molecule has 1 rings (SSSR count). The minimum atomic E-state index is -1.65. The van der Waals surface area contributed by atoms with E-state index < -0.39 is 254 Å². The molecular formula is C67H116N20O20. The molecule has 1 saturated heterocycles. The van der Waals surface area contributed by atoms with Crippen LogP contribution in [0.25, 0.3) is 0 Å². The lowest BCUT2D eigenvalue weighted by Gasteiger charge is -2.32. The zero-order valence-electron chi connectivity index (χ0n) is 63.6. The van der Waals surface area contributed by atoms with Gasteiger partial charge in [-0.1, -0.05) is 83.1 Å². The van der Waals surface area contributed by atoms with Gasteiger partial charge in [0.1, 0.15) is 72.5 Å². The highest BCUT2D eigenvalue weighted by Crippen LogP contribution is 2.22.